The topological polar surface area (TPSA) is 16.4 Å². The number of benzene rings is 7. The monoisotopic (exact) mass is 607 g/mol. The van der Waals surface area contributed by atoms with Crippen molar-refractivity contribution in [2.24, 2.45) is 0 Å². The van der Waals surface area contributed by atoms with Crippen molar-refractivity contribution in [1.29, 1.82) is 0 Å². The highest BCUT2D eigenvalue weighted by atomic mass is 32.1. The minimum Gasteiger partial charge on any atom is -0.456 e. The van der Waals surface area contributed by atoms with Crippen molar-refractivity contribution < 1.29 is 4.42 Å². The molecule has 3 heteroatoms. The molecule has 9 aromatic rings. The zero-order valence-corrected chi connectivity index (χ0v) is 26.4. The predicted octanol–water partition coefficient (Wildman–Crippen LogP) is 12.9. The molecule has 1 aliphatic rings. The number of fused-ring (bicyclic) bond motifs is 11. The van der Waals surface area contributed by atoms with E-state index in [1.807, 2.05) is 17.4 Å². The Bertz CT molecular complexity index is 2690. The summed E-state index contributed by atoms with van der Waals surface area (Å²) in [6, 6.07) is 51.0. The number of hydrogen-bond acceptors (Lipinski definition) is 3. The number of furan rings is 1. The van der Waals surface area contributed by atoms with Crippen LogP contribution in [0.3, 0.4) is 0 Å². The van der Waals surface area contributed by atoms with Gasteiger partial charge in [-0.25, -0.2) is 0 Å². The standard InChI is InChI=1S/C43H29NOS/c1-43(2)34-13-6-3-11-30(34)42-35(43)14-9-15-36(42)44(28-21-22-38-33(25-28)29-10-4-7-16-37(29)45-38)27-20-18-26-19-23-40-41(32(26)24-27)31-12-5-8-17-39(31)46-40/h3-25H,1-2H3. The second kappa shape index (κ2) is 9.32. The van der Waals surface area contributed by atoms with E-state index in [-0.39, 0.29) is 5.41 Å². The Morgan fingerprint density at radius 2 is 1.24 bits per heavy atom. The van der Waals surface area contributed by atoms with Crippen LogP contribution in [0.1, 0.15) is 25.0 Å². The van der Waals surface area contributed by atoms with Gasteiger partial charge in [-0.05, 0) is 82.1 Å². The van der Waals surface area contributed by atoms with E-state index in [4.69, 9.17) is 4.42 Å². The SMILES string of the molecule is CC1(C)c2ccccc2-c2c(N(c3ccc4oc5ccccc5c4c3)c3ccc4ccc5sc6ccccc6c5c4c3)cccc21. The van der Waals surface area contributed by atoms with Gasteiger partial charge in [0.15, 0.2) is 0 Å². The highest BCUT2D eigenvalue weighted by Gasteiger charge is 2.37. The van der Waals surface area contributed by atoms with E-state index < -0.39 is 0 Å². The Labute approximate surface area is 270 Å². The van der Waals surface area contributed by atoms with E-state index in [1.165, 1.54) is 58.9 Å². The summed E-state index contributed by atoms with van der Waals surface area (Å²) in [6.07, 6.45) is 0. The minimum atomic E-state index is -0.0938. The highest BCUT2D eigenvalue weighted by Crippen LogP contribution is 2.54. The third kappa shape index (κ3) is 3.52. The van der Waals surface area contributed by atoms with Crippen LogP contribution in [0.25, 0.3) is 64.0 Å². The highest BCUT2D eigenvalue weighted by molar-refractivity contribution is 7.26. The molecule has 0 N–H and O–H groups in total. The maximum absolute atomic E-state index is 6.27. The maximum atomic E-state index is 6.27. The molecule has 7 aromatic carbocycles. The van der Waals surface area contributed by atoms with Crippen molar-refractivity contribution in [3.63, 3.8) is 0 Å². The summed E-state index contributed by atoms with van der Waals surface area (Å²) >= 11 is 1.87. The molecule has 10 rings (SSSR count). The summed E-state index contributed by atoms with van der Waals surface area (Å²) in [4.78, 5) is 2.46. The zero-order valence-electron chi connectivity index (χ0n) is 25.5. The number of thiophene rings is 1. The first kappa shape index (κ1) is 25.9. The molecule has 0 spiro atoms. The van der Waals surface area contributed by atoms with Gasteiger partial charge < -0.3 is 9.32 Å². The molecule has 0 atom stereocenters. The Kier molecular flexibility index (Phi) is 5.25. The van der Waals surface area contributed by atoms with Crippen LogP contribution in [-0.2, 0) is 5.41 Å². The molecule has 46 heavy (non-hydrogen) atoms. The maximum Gasteiger partial charge on any atom is 0.135 e. The second-order valence-electron chi connectivity index (χ2n) is 12.9. The van der Waals surface area contributed by atoms with Crippen LogP contribution in [0.15, 0.2) is 144 Å². The van der Waals surface area contributed by atoms with Crippen molar-refractivity contribution in [3.05, 3.63) is 151 Å². The molecule has 2 nitrogen and oxygen atoms in total. The van der Waals surface area contributed by atoms with Gasteiger partial charge in [-0.15, -0.1) is 11.3 Å². The molecule has 0 bridgehead atoms. The Morgan fingerprint density at radius 3 is 2.15 bits per heavy atom. The Hall–Kier alpha value is -5.38. The summed E-state index contributed by atoms with van der Waals surface area (Å²) < 4.78 is 8.91. The number of rotatable bonds is 3. The molecular formula is C43H29NOS. The van der Waals surface area contributed by atoms with Crippen LogP contribution >= 0.6 is 11.3 Å². The molecule has 0 amide bonds. The molecule has 0 unspecified atom stereocenters. The zero-order chi connectivity index (χ0) is 30.6. The molecule has 0 saturated heterocycles. The van der Waals surface area contributed by atoms with E-state index in [0.717, 1.165) is 33.3 Å². The first-order valence-electron chi connectivity index (χ1n) is 15.9. The predicted molar refractivity (Wildman–Crippen MR) is 196 cm³/mol. The average molecular weight is 608 g/mol. The van der Waals surface area contributed by atoms with E-state index in [2.05, 4.69) is 152 Å². The lowest BCUT2D eigenvalue weighted by Gasteiger charge is -2.29. The van der Waals surface area contributed by atoms with E-state index in [1.54, 1.807) is 0 Å². The van der Waals surface area contributed by atoms with Crippen molar-refractivity contribution in [2.45, 2.75) is 19.3 Å². The second-order valence-corrected chi connectivity index (χ2v) is 14.0. The van der Waals surface area contributed by atoms with Gasteiger partial charge in [0.2, 0.25) is 0 Å². The van der Waals surface area contributed by atoms with E-state index >= 15 is 0 Å². The number of anilines is 3. The Morgan fingerprint density at radius 1 is 0.543 bits per heavy atom. The molecule has 0 aliphatic heterocycles. The van der Waals surface area contributed by atoms with Gasteiger partial charge in [0.25, 0.3) is 0 Å². The van der Waals surface area contributed by atoms with Crippen LogP contribution in [0.2, 0.25) is 0 Å². The number of para-hydroxylation sites is 1. The van der Waals surface area contributed by atoms with Gasteiger partial charge in [-0.2, -0.15) is 0 Å². The minimum absolute atomic E-state index is 0.0938. The third-order valence-corrected chi connectivity index (χ3v) is 11.2. The molecular weight excluding hydrogens is 579 g/mol. The summed E-state index contributed by atoms with van der Waals surface area (Å²) in [5.41, 5.74) is 10.5. The van der Waals surface area contributed by atoms with Gasteiger partial charge in [-0.3, -0.25) is 0 Å². The quantitative estimate of drug-likeness (QED) is 0.199. The number of nitrogens with zero attached hydrogens (tertiary/aromatic N) is 1. The fourth-order valence-corrected chi connectivity index (χ4v) is 8.99. The van der Waals surface area contributed by atoms with E-state index in [9.17, 15) is 0 Å². The lowest BCUT2D eigenvalue weighted by atomic mass is 9.82. The third-order valence-electron chi connectivity index (χ3n) is 10.0. The molecule has 1 aliphatic carbocycles. The van der Waals surface area contributed by atoms with Crippen molar-refractivity contribution in [1.82, 2.24) is 0 Å². The molecule has 2 aromatic heterocycles. The van der Waals surface area contributed by atoms with Gasteiger partial charge in [0.05, 0.1) is 5.69 Å². The van der Waals surface area contributed by atoms with Crippen molar-refractivity contribution >= 4 is 81.3 Å². The van der Waals surface area contributed by atoms with Crippen LogP contribution in [0, 0.1) is 0 Å². The van der Waals surface area contributed by atoms with Gasteiger partial charge >= 0.3 is 0 Å². The van der Waals surface area contributed by atoms with Crippen molar-refractivity contribution in [3.8, 4) is 11.1 Å². The molecule has 2 heterocycles. The molecule has 0 fully saturated rings. The van der Waals surface area contributed by atoms with Crippen LogP contribution in [0.5, 0.6) is 0 Å². The molecule has 0 radical (unpaired) electrons. The summed E-state index contributed by atoms with van der Waals surface area (Å²) in [5.74, 6) is 0. The fraction of sp³-hybridized carbons (Fsp3) is 0.0698. The molecule has 0 saturated carbocycles. The lowest BCUT2D eigenvalue weighted by molar-refractivity contribution is 0.660. The van der Waals surface area contributed by atoms with Crippen molar-refractivity contribution in [2.75, 3.05) is 4.90 Å². The largest absolute Gasteiger partial charge is 0.456 e. The first-order chi connectivity index (χ1) is 22.6. The van der Waals surface area contributed by atoms with Gasteiger partial charge in [0.1, 0.15) is 11.2 Å². The normalized spacial score (nSPS) is 13.6. The van der Waals surface area contributed by atoms with Crippen LogP contribution < -0.4 is 4.90 Å². The smallest absolute Gasteiger partial charge is 0.135 e. The number of hydrogen-bond donors (Lipinski definition) is 0. The van der Waals surface area contributed by atoms with Gasteiger partial charge in [0, 0.05) is 53.3 Å². The van der Waals surface area contributed by atoms with E-state index in [0.29, 0.717) is 0 Å². The fourth-order valence-electron chi connectivity index (χ4n) is 7.87. The van der Waals surface area contributed by atoms with Gasteiger partial charge in [-0.1, -0.05) is 98.8 Å². The Balaban J connectivity index is 1.30. The summed E-state index contributed by atoms with van der Waals surface area (Å²) in [6.45, 7) is 4.70. The molecule has 218 valence electrons. The van der Waals surface area contributed by atoms with Crippen LogP contribution in [-0.4, -0.2) is 0 Å². The average Bonchev–Trinajstić information content (AvgIpc) is 3.73. The first-order valence-corrected chi connectivity index (χ1v) is 16.7. The lowest BCUT2D eigenvalue weighted by Crippen LogP contribution is -2.16. The summed E-state index contributed by atoms with van der Waals surface area (Å²) in [5, 5.41) is 7.44. The van der Waals surface area contributed by atoms with Crippen LogP contribution in [0.4, 0.5) is 17.1 Å². The summed E-state index contributed by atoms with van der Waals surface area (Å²) in [7, 11) is 0.